The Kier molecular flexibility index (Phi) is 3.27. The topological polar surface area (TPSA) is 83.6 Å². The molecular weight excluding hydrogens is 214 g/mol. The van der Waals surface area contributed by atoms with Crippen LogP contribution in [0.5, 0.6) is 0 Å². The van der Waals surface area contributed by atoms with Gasteiger partial charge in [-0.25, -0.2) is 0 Å². The molecule has 0 saturated heterocycles. The van der Waals surface area contributed by atoms with Gasteiger partial charge in [-0.05, 0) is 11.4 Å². The quantitative estimate of drug-likeness (QED) is 0.686. The lowest BCUT2D eigenvalue weighted by molar-refractivity contribution is -0.131. The Bertz CT molecular complexity index is 314. The second-order valence-corrected chi connectivity index (χ2v) is 3.78. The molecule has 0 aromatic carbocycles. The SMILES string of the molecule is NC(=O)C(O)C(O)c1sccc1Cl. The summed E-state index contributed by atoms with van der Waals surface area (Å²) >= 11 is 6.82. The lowest BCUT2D eigenvalue weighted by Crippen LogP contribution is -2.33. The monoisotopic (exact) mass is 221 g/mol. The number of hydrogen-bond donors (Lipinski definition) is 3. The van der Waals surface area contributed by atoms with E-state index in [-0.39, 0.29) is 0 Å². The highest BCUT2D eigenvalue weighted by atomic mass is 35.5. The smallest absolute Gasteiger partial charge is 0.249 e. The Morgan fingerprint density at radius 1 is 1.62 bits per heavy atom. The summed E-state index contributed by atoms with van der Waals surface area (Å²) in [7, 11) is 0. The average molecular weight is 222 g/mol. The fourth-order valence-electron chi connectivity index (χ4n) is 0.815. The fraction of sp³-hybridized carbons (Fsp3) is 0.286. The molecule has 0 aliphatic heterocycles. The van der Waals surface area contributed by atoms with E-state index in [0.717, 1.165) is 11.3 Å². The number of aliphatic hydroxyl groups is 2. The maximum absolute atomic E-state index is 10.5. The van der Waals surface area contributed by atoms with E-state index in [1.165, 1.54) is 0 Å². The van der Waals surface area contributed by atoms with Crippen LogP contribution in [0.15, 0.2) is 11.4 Å². The summed E-state index contributed by atoms with van der Waals surface area (Å²) in [6, 6.07) is 1.57. The molecule has 13 heavy (non-hydrogen) atoms. The molecule has 1 rings (SSSR count). The van der Waals surface area contributed by atoms with Crippen molar-refractivity contribution in [2.24, 2.45) is 5.73 Å². The Hall–Kier alpha value is -0.620. The standard InChI is InChI=1S/C7H8ClNO3S/c8-3-1-2-13-6(3)4(10)5(11)7(9)12/h1-2,4-5,10-11H,(H2,9,12). The molecule has 1 aromatic heterocycles. The van der Waals surface area contributed by atoms with Gasteiger partial charge in [0.15, 0.2) is 6.10 Å². The number of carbonyl (C=O) groups excluding carboxylic acids is 1. The summed E-state index contributed by atoms with van der Waals surface area (Å²) < 4.78 is 0. The van der Waals surface area contributed by atoms with Crippen molar-refractivity contribution in [3.8, 4) is 0 Å². The molecule has 0 fully saturated rings. The van der Waals surface area contributed by atoms with Gasteiger partial charge in [0, 0.05) is 0 Å². The third kappa shape index (κ3) is 2.19. The zero-order valence-corrected chi connectivity index (χ0v) is 8.05. The second-order valence-electron chi connectivity index (χ2n) is 2.42. The van der Waals surface area contributed by atoms with E-state index in [4.69, 9.17) is 22.4 Å². The summed E-state index contributed by atoms with van der Waals surface area (Å²) in [5.74, 6) is -0.975. The van der Waals surface area contributed by atoms with E-state index in [2.05, 4.69) is 0 Å². The Morgan fingerprint density at radius 2 is 2.23 bits per heavy atom. The van der Waals surface area contributed by atoms with E-state index >= 15 is 0 Å². The predicted octanol–water partition coefficient (Wildman–Crippen LogP) is 0.281. The van der Waals surface area contributed by atoms with Crippen LogP contribution < -0.4 is 5.73 Å². The number of amides is 1. The highest BCUT2D eigenvalue weighted by Crippen LogP contribution is 2.30. The third-order valence-electron chi connectivity index (χ3n) is 1.50. The van der Waals surface area contributed by atoms with Crippen molar-refractivity contribution in [2.75, 3.05) is 0 Å². The normalized spacial score (nSPS) is 15.3. The minimum absolute atomic E-state index is 0.317. The molecule has 4 N–H and O–H groups in total. The molecule has 0 aliphatic carbocycles. The molecule has 0 radical (unpaired) electrons. The van der Waals surface area contributed by atoms with Gasteiger partial charge < -0.3 is 15.9 Å². The van der Waals surface area contributed by atoms with Gasteiger partial charge in [0.25, 0.3) is 0 Å². The van der Waals surface area contributed by atoms with E-state index in [1.807, 2.05) is 0 Å². The number of rotatable bonds is 3. The van der Waals surface area contributed by atoms with Crippen molar-refractivity contribution < 1.29 is 15.0 Å². The highest BCUT2D eigenvalue weighted by molar-refractivity contribution is 7.10. The fourth-order valence-corrected chi connectivity index (χ4v) is 2.00. The summed E-state index contributed by atoms with van der Waals surface area (Å²) in [6.07, 6.45) is -2.96. The molecule has 6 heteroatoms. The summed E-state index contributed by atoms with van der Waals surface area (Å²) in [5, 5.41) is 20.5. The number of thiophene rings is 1. The second kappa shape index (κ2) is 4.06. The predicted molar refractivity (Wildman–Crippen MR) is 49.5 cm³/mol. The number of aliphatic hydroxyl groups excluding tert-OH is 2. The Morgan fingerprint density at radius 3 is 2.62 bits per heavy atom. The van der Waals surface area contributed by atoms with Crippen molar-refractivity contribution in [1.29, 1.82) is 0 Å². The zero-order valence-electron chi connectivity index (χ0n) is 6.48. The van der Waals surface area contributed by atoms with Crippen LogP contribution >= 0.6 is 22.9 Å². The first kappa shape index (κ1) is 10.5. The lowest BCUT2D eigenvalue weighted by atomic mass is 10.1. The number of carbonyl (C=O) groups is 1. The molecule has 1 amide bonds. The van der Waals surface area contributed by atoms with E-state index in [1.54, 1.807) is 11.4 Å². The molecule has 4 nitrogen and oxygen atoms in total. The van der Waals surface area contributed by atoms with Gasteiger partial charge in [0.05, 0.1) is 9.90 Å². The number of primary amides is 1. The first-order valence-electron chi connectivity index (χ1n) is 3.42. The highest BCUT2D eigenvalue weighted by Gasteiger charge is 2.25. The van der Waals surface area contributed by atoms with Crippen molar-refractivity contribution in [2.45, 2.75) is 12.2 Å². The molecule has 0 bridgehead atoms. The Labute approximate surface area is 83.6 Å². The van der Waals surface area contributed by atoms with Gasteiger partial charge in [-0.3, -0.25) is 4.79 Å². The average Bonchev–Trinajstić information content (AvgIpc) is 2.48. The van der Waals surface area contributed by atoms with E-state index < -0.39 is 18.1 Å². The maximum atomic E-state index is 10.5. The van der Waals surface area contributed by atoms with Crippen LogP contribution in [0.1, 0.15) is 11.0 Å². The van der Waals surface area contributed by atoms with Crippen molar-refractivity contribution in [3.63, 3.8) is 0 Å². The van der Waals surface area contributed by atoms with Crippen LogP contribution in [0.2, 0.25) is 5.02 Å². The molecule has 2 unspecified atom stereocenters. The minimum Gasteiger partial charge on any atom is -0.384 e. The molecule has 1 heterocycles. The van der Waals surface area contributed by atoms with Crippen LogP contribution in [-0.2, 0) is 4.79 Å². The largest absolute Gasteiger partial charge is 0.384 e. The van der Waals surface area contributed by atoms with E-state index in [9.17, 15) is 9.90 Å². The van der Waals surface area contributed by atoms with Gasteiger partial charge >= 0.3 is 0 Å². The maximum Gasteiger partial charge on any atom is 0.249 e. The van der Waals surface area contributed by atoms with Gasteiger partial charge in [0.2, 0.25) is 5.91 Å². The number of halogens is 1. The van der Waals surface area contributed by atoms with Crippen LogP contribution in [0.25, 0.3) is 0 Å². The van der Waals surface area contributed by atoms with Crippen molar-refractivity contribution in [1.82, 2.24) is 0 Å². The van der Waals surface area contributed by atoms with Crippen LogP contribution in [0.4, 0.5) is 0 Å². The Balaban J connectivity index is 2.85. The van der Waals surface area contributed by atoms with Crippen molar-refractivity contribution >= 4 is 28.8 Å². The van der Waals surface area contributed by atoms with Crippen LogP contribution in [0, 0.1) is 0 Å². The third-order valence-corrected chi connectivity index (χ3v) is 2.93. The van der Waals surface area contributed by atoms with Gasteiger partial charge in [0.1, 0.15) is 6.10 Å². The number of hydrogen-bond acceptors (Lipinski definition) is 4. The van der Waals surface area contributed by atoms with Gasteiger partial charge in [-0.2, -0.15) is 0 Å². The minimum atomic E-state index is -1.61. The molecule has 0 spiro atoms. The molecule has 72 valence electrons. The van der Waals surface area contributed by atoms with Crippen LogP contribution in [-0.4, -0.2) is 22.2 Å². The molecular formula is C7H8ClNO3S. The first-order valence-corrected chi connectivity index (χ1v) is 4.68. The summed E-state index contributed by atoms with van der Waals surface area (Å²) in [6.45, 7) is 0. The lowest BCUT2D eigenvalue weighted by Gasteiger charge is -2.13. The number of nitrogens with two attached hydrogens (primary N) is 1. The van der Waals surface area contributed by atoms with Gasteiger partial charge in [-0.15, -0.1) is 11.3 Å². The van der Waals surface area contributed by atoms with Gasteiger partial charge in [-0.1, -0.05) is 11.6 Å². The molecule has 1 aromatic rings. The molecule has 0 saturated carbocycles. The zero-order chi connectivity index (χ0) is 10.0. The van der Waals surface area contributed by atoms with Crippen molar-refractivity contribution in [3.05, 3.63) is 21.3 Å². The molecule has 0 aliphatic rings. The first-order chi connectivity index (χ1) is 6.04. The van der Waals surface area contributed by atoms with E-state index in [0.29, 0.717) is 9.90 Å². The summed E-state index contributed by atoms with van der Waals surface area (Å²) in [4.78, 5) is 10.9. The molecule has 2 atom stereocenters. The summed E-state index contributed by atoms with van der Waals surface area (Å²) in [5.41, 5.74) is 4.81. The van der Waals surface area contributed by atoms with Crippen LogP contribution in [0.3, 0.4) is 0 Å².